The van der Waals surface area contributed by atoms with Crippen LogP contribution in [-0.2, 0) is 11.1 Å². The van der Waals surface area contributed by atoms with E-state index in [1.54, 1.807) is 18.2 Å². The third kappa shape index (κ3) is 6.41. The molecule has 0 aliphatic carbocycles. The van der Waals surface area contributed by atoms with Gasteiger partial charge >= 0.3 is 29.6 Å². The number of ether oxygens (including phenoxy) is 1. The van der Waals surface area contributed by atoms with E-state index in [0.29, 0.717) is 11.5 Å². The zero-order chi connectivity index (χ0) is 13.5. The van der Waals surface area contributed by atoms with E-state index in [1.807, 2.05) is 13.8 Å². The minimum absolute atomic E-state index is 0. The number of hydrogen-bond acceptors (Lipinski definition) is 3. The molecule has 0 aromatic heterocycles. The molecule has 1 atom stereocenters. The Morgan fingerprint density at radius 3 is 2.53 bits per heavy atom. The predicted molar refractivity (Wildman–Crippen MR) is 72.7 cm³/mol. The first-order chi connectivity index (χ1) is 8.56. The van der Waals surface area contributed by atoms with Crippen molar-refractivity contribution in [1.29, 1.82) is 0 Å². The van der Waals surface area contributed by atoms with Gasteiger partial charge in [-0.15, -0.1) is 0 Å². The Bertz CT molecular complexity index is 408. The summed E-state index contributed by atoms with van der Waals surface area (Å²) in [7, 11) is 0. The Morgan fingerprint density at radius 2 is 2.00 bits per heavy atom. The second-order valence-electron chi connectivity index (χ2n) is 4.64. The molecule has 5 heteroatoms. The van der Waals surface area contributed by atoms with E-state index in [0.717, 1.165) is 30.6 Å². The molecule has 0 fully saturated rings. The second-order valence-corrected chi connectivity index (χ2v) is 5.59. The van der Waals surface area contributed by atoms with Gasteiger partial charge in [-0.05, 0) is 47.2 Å². The molecular formula is C14H21NaO3S. The largest absolute Gasteiger partial charge is 1.00 e. The smallest absolute Gasteiger partial charge is 0.768 e. The van der Waals surface area contributed by atoms with Crippen LogP contribution in [0, 0.1) is 0 Å². The van der Waals surface area contributed by atoms with Gasteiger partial charge in [0.15, 0.2) is 0 Å². The van der Waals surface area contributed by atoms with Crippen molar-refractivity contribution in [3.8, 4) is 5.75 Å². The quantitative estimate of drug-likeness (QED) is 0.420. The summed E-state index contributed by atoms with van der Waals surface area (Å²) in [6.07, 6.45) is 3.34. The Hall–Kier alpha value is 0.130. The van der Waals surface area contributed by atoms with Crippen LogP contribution in [0.2, 0.25) is 0 Å². The molecule has 0 aliphatic rings. The second kappa shape index (κ2) is 9.94. The topological polar surface area (TPSA) is 49.4 Å². The third-order valence-corrected chi connectivity index (χ3v) is 3.44. The molecule has 0 spiro atoms. The molecule has 0 heterocycles. The van der Waals surface area contributed by atoms with Gasteiger partial charge in [0.25, 0.3) is 0 Å². The molecule has 102 valence electrons. The summed E-state index contributed by atoms with van der Waals surface area (Å²) in [6.45, 7) is 6.91. The van der Waals surface area contributed by atoms with Gasteiger partial charge in [-0.25, -0.2) is 0 Å². The Kier molecular flexibility index (Phi) is 10.0. The van der Waals surface area contributed by atoms with Gasteiger partial charge in [-0.2, -0.15) is 0 Å². The van der Waals surface area contributed by atoms with Gasteiger partial charge in [-0.3, -0.25) is 4.21 Å². The average molecular weight is 292 g/mol. The summed E-state index contributed by atoms with van der Waals surface area (Å²) in [5, 5.41) is 0. The van der Waals surface area contributed by atoms with Crippen LogP contribution in [0.15, 0.2) is 23.1 Å². The van der Waals surface area contributed by atoms with Gasteiger partial charge in [0.05, 0.1) is 6.61 Å². The first-order valence-corrected chi connectivity index (χ1v) is 7.49. The van der Waals surface area contributed by atoms with E-state index < -0.39 is 11.1 Å². The summed E-state index contributed by atoms with van der Waals surface area (Å²) in [5.41, 5.74) is 0.952. The van der Waals surface area contributed by atoms with Crippen LogP contribution in [0.1, 0.15) is 51.5 Å². The van der Waals surface area contributed by atoms with Gasteiger partial charge in [0, 0.05) is 4.90 Å². The fourth-order valence-corrected chi connectivity index (χ4v) is 2.15. The molecule has 19 heavy (non-hydrogen) atoms. The number of rotatable bonds is 7. The van der Waals surface area contributed by atoms with Crippen LogP contribution in [0.25, 0.3) is 0 Å². The summed E-state index contributed by atoms with van der Waals surface area (Å²) < 4.78 is 27.6. The van der Waals surface area contributed by atoms with Crippen molar-refractivity contribution in [2.45, 2.75) is 50.8 Å². The molecule has 1 rings (SSSR count). The zero-order valence-corrected chi connectivity index (χ0v) is 15.1. The number of benzene rings is 1. The van der Waals surface area contributed by atoms with Crippen molar-refractivity contribution >= 4 is 11.1 Å². The molecule has 1 unspecified atom stereocenters. The fourth-order valence-electron chi connectivity index (χ4n) is 1.75. The van der Waals surface area contributed by atoms with Crippen molar-refractivity contribution < 1.29 is 43.1 Å². The molecule has 0 bridgehead atoms. The molecule has 0 amide bonds. The number of hydrogen-bond donors (Lipinski definition) is 0. The van der Waals surface area contributed by atoms with Crippen LogP contribution >= 0.6 is 0 Å². The molecule has 1 aromatic rings. The maximum atomic E-state index is 10.9. The Labute approximate surface area is 140 Å². The van der Waals surface area contributed by atoms with E-state index >= 15 is 0 Å². The van der Waals surface area contributed by atoms with Crippen LogP contribution in [-0.4, -0.2) is 15.4 Å². The first kappa shape index (κ1) is 19.1. The van der Waals surface area contributed by atoms with E-state index in [2.05, 4.69) is 6.92 Å². The van der Waals surface area contributed by atoms with Crippen LogP contribution in [0.3, 0.4) is 0 Å². The monoisotopic (exact) mass is 292 g/mol. The van der Waals surface area contributed by atoms with Gasteiger partial charge < -0.3 is 9.29 Å². The van der Waals surface area contributed by atoms with E-state index in [-0.39, 0.29) is 35.5 Å². The average Bonchev–Trinajstić information content (AvgIpc) is 2.34. The minimum Gasteiger partial charge on any atom is -0.768 e. The number of unbranched alkanes of at least 4 members (excludes halogenated alkanes) is 2. The van der Waals surface area contributed by atoms with Crippen LogP contribution in [0.5, 0.6) is 5.75 Å². The van der Waals surface area contributed by atoms with Crippen LogP contribution in [0.4, 0.5) is 0 Å². The van der Waals surface area contributed by atoms with Gasteiger partial charge in [-0.1, -0.05) is 33.6 Å². The van der Waals surface area contributed by atoms with Gasteiger partial charge in [0.2, 0.25) is 0 Å². The molecule has 0 saturated heterocycles. The molecule has 0 saturated carbocycles. The molecule has 0 radical (unpaired) electrons. The first-order valence-electron chi connectivity index (χ1n) is 6.42. The van der Waals surface area contributed by atoms with Crippen molar-refractivity contribution in [2.75, 3.05) is 6.61 Å². The normalized spacial score (nSPS) is 12.1. The van der Waals surface area contributed by atoms with Crippen molar-refractivity contribution in [3.63, 3.8) is 0 Å². The van der Waals surface area contributed by atoms with Crippen molar-refractivity contribution in [1.82, 2.24) is 0 Å². The molecule has 0 N–H and O–H groups in total. The molecule has 0 aliphatic heterocycles. The predicted octanol–water partition coefficient (Wildman–Crippen LogP) is 0.621. The zero-order valence-electron chi connectivity index (χ0n) is 12.3. The van der Waals surface area contributed by atoms with Gasteiger partial charge in [0.1, 0.15) is 5.75 Å². The Balaban J connectivity index is 0.00000324. The van der Waals surface area contributed by atoms with Crippen molar-refractivity contribution in [2.24, 2.45) is 0 Å². The summed E-state index contributed by atoms with van der Waals surface area (Å²) in [4.78, 5) is 0.319. The summed E-state index contributed by atoms with van der Waals surface area (Å²) in [5.74, 6) is 1.05. The molecular weight excluding hydrogens is 271 g/mol. The standard InChI is InChI=1S/C14H22O3S.Na/c1-4-5-6-9-17-14-8-7-12(18(15)16)10-13(14)11(2)3;/h7-8,10-11H,4-6,9H2,1-3H3,(H,15,16);/q;+1/p-1. The fraction of sp³-hybridized carbons (Fsp3) is 0.571. The summed E-state index contributed by atoms with van der Waals surface area (Å²) >= 11 is -2.18. The summed E-state index contributed by atoms with van der Waals surface area (Å²) in [6, 6.07) is 5.04. The maximum absolute atomic E-state index is 10.9. The molecule has 3 nitrogen and oxygen atoms in total. The SMILES string of the molecule is CCCCCOc1ccc(S(=O)[O-])cc1C(C)C.[Na+]. The van der Waals surface area contributed by atoms with E-state index in [9.17, 15) is 8.76 Å². The van der Waals surface area contributed by atoms with Crippen LogP contribution < -0.4 is 34.3 Å². The Morgan fingerprint density at radius 1 is 1.32 bits per heavy atom. The van der Waals surface area contributed by atoms with E-state index in [1.165, 1.54) is 0 Å². The van der Waals surface area contributed by atoms with E-state index in [4.69, 9.17) is 4.74 Å². The minimum atomic E-state index is -2.18. The maximum Gasteiger partial charge on any atom is 1.00 e. The molecule has 1 aromatic carbocycles. The van der Waals surface area contributed by atoms with Crippen molar-refractivity contribution in [3.05, 3.63) is 23.8 Å². The third-order valence-electron chi connectivity index (χ3n) is 2.80.